The highest BCUT2D eigenvalue weighted by atomic mass is 16.5. The van der Waals surface area contributed by atoms with Crippen LogP contribution in [0.1, 0.15) is 18.4 Å². The van der Waals surface area contributed by atoms with Crippen LogP contribution in [0, 0.1) is 17.2 Å². The maximum Gasteiger partial charge on any atom is 0.224 e. The topological polar surface area (TPSA) is 53.3 Å². The van der Waals surface area contributed by atoms with Crippen LogP contribution in [0.25, 0.3) is 0 Å². The van der Waals surface area contributed by atoms with Crippen molar-refractivity contribution in [1.82, 2.24) is 4.90 Å². The Morgan fingerprint density at radius 1 is 1.44 bits per heavy atom. The minimum Gasteiger partial charge on any atom is -0.497 e. The van der Waals surface area contributed by atoms with Crippen LogP contribution >= 0.6 is 0 Å². The van der Waals surface area contributed by atoms with Crippen molar-refractivity contribution in [1.29, 1.82) is 5.26 Å². The summed E-state index contributed by atoms with van der Waals surface area (Å²) in [5.41, 5.74) is 1.08. The largest absolute Gasteiger partial charge is 0.497 e. The van der Waals surface area contributed by atoms with Gasteiger partial charge in [-0.3, -0.25) is 4.79 Å². The van der Waals surface area contributed by atoms with Crippen LogP contribution in [0.3, 0.4) is 0 Å². The molecule has 1 fully saturated rings. The molecule has 2 rings (SSSR count). The number of benzene rings is 1. The number of ether oxygens (including phenoxy) is 1. The third kappa shape index (κ3) is 2.80. The van der Waals surface area contributed by atoms with Gasteiger partial charge in [-0.15, -0.1) is 0 Å². The Labute approximate surface area is 107 Å². The lowest BCUT2D eigenvalue weighted by Crippen LogP contribution is -2.37. The molecule has 1 aliphatic heterocycles. The summed E-state index contributed by atoms with van der Waals surface area (Å²) in [5, 5.41) is 8.81. The van der Waals surface area contributed by atoms with Gasteiger partial charge in [-0.1, -0.05) is 12.1 Å². The normalized spacial score (nSPS) is 19.4. The highest BCUT2D eigenvalue weighted by molar-refractivity contribution is 5.77. The Bertz CT molecular complexity index is 462. The van der Waals surface area contributed by atoms with Crippen LogP contribution in [0.15, 0.2) is 24.3 Å². The second kappa shape index (κ2) is 5.54. The quantitative estimate of drug-likeness (QED) is 0.816. The molecule has 1 saturated heterocycles. The molecule has 1 unspecified atom stereocenters. The average molecular weight is 244 g/mol. The Morgan fingerprint density at radius 2 is 2.17 bits per heavy atom. The predicted molar refractivity (Wildman–Crippen MR) is 66.7 cm³/mol. The molecule has 0 saturated carbocycles. The molecule has 0 bridgehead atoms. The Hall–Kier alpha value is -2.02. The number of piperidine rings is 1. The van der Waals surface area contributed by atoms with Crippen molar-refractivity contribution in [2.45, 2.75) is 19.4 Å². The van der Waals surface area contributed by atoms with Crippen LogP contribution in [0.2, 0.25) is 0 Å². The molecule has 0 aromatic heterocycles. The SMILES string of the molecule is COc1ccc(CN2CCC(C#N)CC2=O)cc1. The molecule has 4 nitrogen and oxygen atoms in total. The molecule has 1 aromatic rings. The zero-order valence-electron chi connectivity index (χ0n) is 10.4. The van der Waals surface area contributed by atoms with E-state index in [2.05, 4.69) is 6.07 Å². The number of hydrogen-bond donors (Lipinski definition) is 0. The molecule has 0 aliphatic carbocycles. The summed E-state index contributed by atoms with van der Waals surface area (Å²) in [6.07, 6.45) is 1.13. The number of nitrogens with zero attached hydrogens (tertiary/aromatic N) is 2. The van der Waals surface area contributed by atoms with E-state index in [9.17, 15) is 4.79 Å². The van der Waals surface area contributed by atoms with Crippen LogP contribution in [0.5, 0.6) is 5.75 Å². The zero-order valence-corrected chi connectivity index (χ0v) is 10.4. The minimum atomic E-state index is -0.107. The van der Waals surface area contributed by atoms with E-state index in [-0.39, 0.29) is 11.8 Å². The van der Waals surface area contributed by atoms with Gasteiger partial charge in [0.25, 0.3) is 0 Å². The van der Waals surface area contributed by atoms with Crippen molar-refractivity contribution in [3.05, 3.63) is 29.8 Å². The highest BCUT2D eigenvalue weighted by Gasteiger charge is 2.25. The van der Waals surface area contributed by atoms with E-state index in [4.69, 9.17) is 10.00 Å². The summed E-state index contributed by atoms with van der Waals surface area (Å²) in [7, 11) is 1.63. The fourth-order valence-electron chi connectivity index (χ4n) is 2.11. The maximum absolute atomic E-state index is 11.8. The van der Waals surface area contributed by atoms with Crippen LogP contribution < -0.4 is 4.74 Å². The number of carbonyl (C=O) groups excluding carboxylic acids is 1. The van der Waals surface area contributed by atoms with E-state index in [0.717, 1.165) is 17.7 Å². The molecule has 18 heavy (non-hydrogen) atoms. The van der Waals surface area contributed by atoms with E-state index >= 15 is 0 Å². The smallest absolute Gasteiger partial charge is 0.224 e. The molecule has 1 atom stereocenters. The highest BCUT2D eigenvalue weighted by Crippen LogP contribution is 2.20. The van der Waals surface area contributed by atoms with Gasteiger partial charge in [0.15, 0.2) is 0 Å². The molecule has 0 N–H and O–H groups in total. The monoisotopic (exact) mass is 244 g/mol. The number of hydrogen-bond acceptors (Lipinski definition) is 3. The fraction of sp³-hybridized carbons (Fsp3) is 0.429. The first-order valence-electron chi connectivity index (χ1n) is 6.03. The first-order chi connectivity index (χ1) is 8.72. The average Bonchev–Trinajstić information content (AvgIpc) is 2.42. The molecular formula is C14H16N2O2. The van der Waals surface area contributed by atoms with Crippen molar-refractivity contribution < 1.29 is 9.53 Å². The molecule has 1 heterocycles. The van der Waals surface area contributed by atoms with Gasteiger partial charge in [0.05, 0.1) is 19.1 Å². The predicted octanol–water partition coefficient (Wildman–Crippen LogP) is 1.96. The van der Waals surface area contributed by atoms with E-state index in [1.54, 1.807) is 7.11 Å². The van der Waals surface area contributed by atoms with Gasteiger partial charge >= 0.3 is 0 Å². The molecule has 0 spiro atoms. The van der Waals surface area contributed by atoms with Gasteiger partial charge < -0.3 is 9.64 Å². The van der Waals surface area contributed by atoms with E-state index in [1.807, 2.05) is 29.2 Å². The zero-order chi connectivity index (χ0) is 13.0. The van der Waals surface area contributed by atoms with E-state index in [1.165, 1.54) is 0 Å². The third-order valence-electron chi connectivity index (χ3n) is 3.24. The van der Waals surface area contributed by atoms with Crippen LogP contribution in [-0.2, 0) is 11.3 Å². The Morgan fingerprint density at radius 3 is 2.72 bits per heavy atom. The van der Waals surface area contributed by atoms with Gasteiger partial charge in [0.2, 0.25) is 5.91 Å². The second-order valence-corrected chi connectivity index (χ2v) is 4.48. The maximum atomic E-state index is 11.8. The fourth-order valence-corrected chi connectivity index (χ4v) is 2.11. The number of nitriles is 1. The lowest BCUT2D eigenvalue weighted by Gasteiger charge is -2.29. The van der Waals surface area contributed by atoms with E-state index in [0.29, 0.717) is 19.5 Å². The first kappa shape index (κ1) is 12.4. The van der Waals surface area contributed by atoms with Crippen molar-refractivity contribution in [2.75, 3.05) is 13.7 Å². The lowest BCUT2D eigenvalue weighted by molar-refractivity contribution is -0.134. The second-order valence-electron chi connectivity index (χ2n) is 4.48. The van der Waals surface area contributed by atoms with Gasteiger partial charge in [0, 0.05) is 19.5 Å². The first-order valence-corrected chi connectivity index (χ1v) is 6.03. The van der Waals surface area contributed by atoms with Gasteiger partial charge in [-0.2, -0.15) is 5.26 Å². The minimum absolute atomic E-state index is 0.0728. The van der Waals surface area contributed by atoms with Gasteiger partial charge in [-0.05, 0) is 24.1 Å². The van der Waals surface area contributed by atoms with Crippen molar-refractivity contribution in [3.8, 4) is 11.8 Å². The van der Waals surface area contributed by atoms with Gasteiger partial charge in [0.1, 0.15) is 5.75 Å². The molecule has 1 aliphatic rings. The molecular weight excluding hydrogens is 228 g/mol. The molecule has 4 heteroatoms. The molecule has 1 aromatic carbocycles. The summed E-state index contributed by atoms with van der Waals surface area (Å²) < 4.78 is 5.09. The van der Waals surface area contributed by atoms with Crippen LogP contribution in [0.4, 0.5) is 0 Å². The molecule has 94 valence electrons. The number of likely N-dealkylation sites (tertiary alicyclic amines) is 1. The van der Waals surface area contributed by atoms with Crippen LogP contribution in [-0.4, -0.2) is 24.5 Å². The summed E-state index contributed by atoms with van der Waals surface area (Å²) >= 11 is 0. The Balaban J connectivity index is 1.97. The van der Waals surface area contributed by atoms with Crippen molar-refractivity contribution >= 4 is 5.91 Å². The van der Waals surface area contributed by atoms with Crippen molar-refractivity contribution in [3.63, 3.8) is 0 Å². The molecule has 0 radical (unpaired) electrons. The number of rotatable bonds is 3. The number of amides is 1. The standard InChI is InChI=1S/C14H16N2O2/c1-18-13-4-2-11(3-5-13)10-16-7-6-12(9-15)8-14(16)17/h2-5,12H,6-8,10H2,1H3. The Kier molecular flexibility index (Phi) is 3.83. The summed E-state index contributed by atoms with van der Waals surface area (Å²) in [5.74, 6) is 0.779. The van der Waals surface area contributed by atoms with Gasteiger partial charge in [-0.25, -0.2) is 0 Å². The van der Waals surface area contributed by atoms with Crippen molar-refractivity contribution in [2.24, 2.45) is 5.92 Å². The third-order valence-corrected chi connectivity index (χ3v) is 3.24. The number of carbonyl (C=O) groups is 1. The number of methoxy groups -OCH3 is 1. The molecule has 1 amide bonds. The summed E-state index contributed by atoms with van der Waals surface area (Å²) in [4.78, 5) is 13.7. The summed E-state index contributed by atoms with van der Waals surface area (Å²) in [6, 6.07) is 9.87. The lowest BCUT2D eigenvalue weighted by atomic mass is 9.97. The van der Waals surface area contributed by atoms with E-state index < -0.39 is 0 Å². The summed E-state index contributed by atoms with van der Waals surface area (Å²) in [6.45, 7) is 1.28.